The molecular formula is C31H33F7N3O2PS. The molecule has 5 nitrogen and oxygen atoms in total. The van der Waals surface area contributed by atoms with E-state index in [-0.39, 0.29) is 29.2 Å². The van der Waals surface area contributed by atoms with E-state index in [2.05, 4.69) is 27.2 Å². The zero-order valence-corrected chi connectivity index (χ0v) is 26.2. The van der Waals surface area contributed by atoms with Gasteiger partial charge in [-0.3, -0.25) is 0 Å². The van der Waals surface area contributed by atoms with Crippen molar-refractivity contribution in [3.63, 3.8) is 0 Å². The van der Waals surface area contributed by atoms with Crippen molar-refractivity contribution in [2.75, 3.05) is 49.6 Å². The number of ether oxygens (including phenoxy) is 1. The second-order valence-electron chi connectivity index (χ2n) is 11.5. The van der Waals surface area contributed by atoms with E-state index < -0.39 is 44.1 Å². The molecule has 45 heavy (non-hydrogen) atoms. The van der Waals surface area contributed by atoms with Crippen molar-refractivity contribution >= 4 is 45.2 Å². The molecule has 14 heteroatoms. The van der Waals surface area contributed by atoms with Gasteiger partial charge in [-0.1, -0.05) is 30.4 Å². The summed E-state index contributed by atoms with van der Waals surface area (Å²) < 4.78 is 113. The molecule has 5 rings (SSSR count). The van der Waals surface area contributed by atoms with E-state index in [0.29, 0.717) is 46.4 Å². The predicted octanol–water partition coefficient (Wildman–Crippen LogP) is 7.99. The number of thiophene rings is 1. The summed E-state index contributed by atoms with van der Waals surface area (Å²) in [7, 11) is -1.01. The lowest BCUT2D eigenvalue weighted by Gasteiger charge is -2.33. The number of likely N-dealkylation sites (tertiary alicyclic amines) is 1. The van der Waals surface area contributed by atoms with Crippen LogP contribution in [-0.4, -0.2) is 68.7 Å². The number of halogens is 7. The summed E-state index contributed by atoms with van der Waals surface area (Å²) in [6, 6.07) is 8.45. The number of benzene rings is 2. The van der Waals surface area contributed by atoms with Crippen LogP contribution >= 0.6 is 18.5 Å². The van der Waals surface area contributed by atoms with Crippen LogP contribution in [0, 0.1) is 11.8 Å². The third-order valence-electron chi connectivity index (χ3n) is 8.05. The molecule has 1 unspecified atom stereocenters. The second-order valence-corrected chi connectivity index (χ2v) is 15.7. The molecule has 3 heterocycles. The molecule has 0 bridgehead atoms. The standard InChI is InChI=1S/C31H33F7N3O2PS/c1-41-14-12-24(23(32)19-41)40-26-8-5-7-21-22(18-30(33,34)35)28(45-29(21)26)9-6-13-39-25-11-10-20(17-27(25)43-31(36,37)38)44(42)15-3-2-4-16-44/h5,7-8,10-11,17,23-24,39-40H,2-4,12-16,18-19H2,1H3/t23-,24?/m0/s1. The average molecular weight is 676 g/mol. The van der Waals surface area contributed by atoms with Crippen molar-refractivity contribution in [1.29, 1.82) is 0 Å². The van der Waals surface area contributed by atoms with Gasteiger partial charge < -0.3 is 24.8 Å². The van der Waals surface area contributed by atoms with Gasteiger partial charge in [-0.2, -0.15) is 13.2 Å². The highest BCUT2D eigenvalue weighted by atomic mass is 32.1. The SMILES string of the molecule is CN1CCC(Nc2cccc3c(CC(F)(F)F)c(C#CCNc4ccc(P5(=O)CCCCC5)cc4OC(F)(F)F)sc23)[C@@H](F)C1. The molecule has 1 aromatic heterocycles. The number of anilines is 2. The Balaban J connectivity index is 1.40. The van der Waals surface area contributed by atoms with Crippen LogP contribution in [0.5, 0.6) is 5.75 Å². The number of nitrogens with zero attached hydrogens (tertiary/aromatic N) is 1. The summed E-state index contributed by atoms with van der Waals surface area (Å²) in [5.74, 6) is 4.95. The van der Waals surface area contributed by atoms with Gasteiger partial charge in [-0.15, -0.1) is 24.5 Å². The van der Waals surface area contributed by atoms with E-state index in [1.807, 2.05) is 11.9 Å². The minimum Gasteiger partial charge on any atom is -0.404 e. The van der Waals surface area contributed by atoms with Gasteiger partial charge in [0.15, 0.2) is 5.75 Å². The van der Waals surface area contributed by atoms with Gasteiger partial charge in [0.1, 0.15) is 13.3 Å². The third kappa shape index (κ3) is 8.46. The van der Waals surface area contributed by atoms with Crippen molar-refractivity contribution < 1.29 is 40.0 Å². The van der Waals surface area contributed by atoms with Crippen molar-refractivity contribution in [3.8, 4) is 17.6 Å². The molecule has 0 amide bonds. The first kappa shape index (κ1) is 33.4. The fraction of sp³-hybridized carbons (Fsp3) is 0.484. The molecule has 2 saturated heterocycles. The van der Waals surface area contributed by atoms with E-state index in [9.17, 15) is 35.3 Å². The van der Waals surface area contributed by atoms with Gasteiger partial charge in [0.25, 0.3) is 0 Å². The lowest BCUT2D eigenvalue weighted by molar-refractivity contribution is -0.274. The summed E-state index contributed by atoms with van der Waals surface area (Å²) in [6.45, 7) is 0.730. The molecule has 244 valence electrons. The van der Waals surface area contributed by atoms with Crippen molar-refractivity contribution in [3.05, 3.63) is 46.8 Å². The van der Waals surface area contributed by atoms with E-state index in [0.717, 1.165) is 36.7 Å². The fourth-order valence-electron chi connectivity index (χ4n) is 5.84. The van der Waals surface area contributed by atoms with Crippen LogP contribution in [0.3, 0.4) is 0 Å². The van der Waals surface area contributed by atoms with Gasteiger partial charge in [-0.25, -0.2) is 4.39 Å². The van der Waals surface area contributed by atoms with Crippen LogP contribution in [-0.2, 0) is 11.0 Å². The maximum absolute atomic E-state index is 14.7. The molecule has 2 fully saturated rings. The third-order valence-corrected chi connectivity index (χ3v) is 12.5. The lowest BCUT2D eigenvalue weighted by atomic mass is 10.0. The lowest BCUT2D eigenvalue weighted by Crippen LogP contribution is -2.46. The normalized spacial score (nSPS) is 20.8. The Morgan fingerprint density at radius 2 is 1.82 bits per heavy atom. The Morgan fingerprint density at radius 1 is 1.07 bits per heavy atom. The second kappa shape index (κ2) is 13.4. The summed E-state index contributed by atoms with van der Waals surface area (Å²) in [5.41, 5.74) is 0.475. The summed E-state index contributed by atoms with van der Waals surface area (Å²) in [6.07, 6.45) is -8.10. The first-order valence-corrected chi connectivity index (χ1v) is 17.5. The van der Waals surface area contributed by atoms with Gasteiger partial charge in [0.05, 0.1) is 40.0 Å². The highest BCUT2D eigenvalue weighted by molar-refractivity contribution is 7.71. The largest absolute Gasteiger partial charge is 0.573 e. The van der Waals surface area contributed by atoms with E-state index in [4.69, 9.17) is 0 Å². The Hall–Kier alpha value is -2.94. The maximum Gasteiger partial charge on any atom is 0.573 e. The zero-order valence-electron chi connectivity index (χ0n) is 24.5. The molecule has 2 aromatic carbocycles. The van der Waals surface area contributed by atoms with Gasteiger partial charge in [0, 0.05) is 30.7 Å². The molecule has 0 radical (unpaired) electrons. The smallest absolute Gasteiger partial charge is 0.404 e. The molecule has 3 aromatic rings. The molecule has 2 atom stereocenters. The minimum absolute atomic E-state index is 0.0125. The Kier molecular flexibility index (Phi) is 9.97. The minimum atomic E-state index is -4.99. The molecule has 2 N–H and O–H groups in total. The van der Waals surface area contributed by atoms with Crippen molar-refractivity contribution in [2.24, 2.45) is 0 Å². The average Bonchev–Trinajstić information content (AvgIpc) is 3.29. The van der Waals surface area contributed by atoms with Crippen LogP contribution in [0.4, 0.5) is 42.1 Å². The zero-order chi connectivity index (χ0) is 32.4. The predicted molar refractivity (Wildman–Crippen MR) is 165 cm³/mol. The molecule has 0 spiro atoms. The van der Waals surface area contributed by atoms with E-state index in [1.165, 1.54) is 12.1 Å². The summed E-state index contributed by atoms with van der Waals surface area (Å²) in [5, 5.41) is 6.62. The molecule has 0 aliphatic carbocycles. The Labute approximate surface area is 260 Å². The fourth-order valence-corrected chi connectivity index (χ4v) is 9.92. The van der Waals surface area contributed by atoms with Gasteiger partial charge in [-0.05, 0) is 61.5 Å². The number of rotatable bonds is 7. The summed E-state index contributed by atoms with van der Waals surface area (Å²) >= 11 is 1.05. The number of hydrogen-bond acceptors (Lipinski definition) is 6. The quantitative estimate of drug-likeness (QED) is 0.151. The van der Waals surface area contributed by atoms with Crippen LogP contribution in [0.2, 0.25) is 0 Å². The molecule has 2 aliphatic rings. The van der Waals surface area contributed by atoms with Gasteiger partial charge in [0.2, 0.25) is 0 Å². The molecule has 2 aliphatic heterocycles. The van der Waals surface area contributed by atoms with Crippen LogP contribution in [0.25, 0.3) is 10.1 Å². The first-order chi connectivity index (χ1) is 21.2. The number of nitrogens with one attached hydrogen (secondary N) is 2. The van der Waals surface area contributed by atoms with Crippen molar-refractivity contribution in [2.45, 2.75) is 56.9 Å². The van der Waals surface area contributed by atoms with Crippen molar-refractivity contribution in [1.82, 2.24) is 4.90 Å². The Bertz CT molecular complexity index is 1620. The first-order valence-electron chi connectivity index (χ1n) is 14.6. The Morgan fingerprint density at radius 3 is 2.51 bits per heavy atom. The van der Waals surface area contributed by atoms with Crippen LogP contribution in [0.15, 0.2) is 36.4 Å². The topological polar surface area (TPSA) is 53.6 Å². The number of alkyl halides is 7. The van der Waals surface area contributed by atoms with Crippen LogP contribution in [0.1, 0.15) is 36.1 Å². The molecular weight excluding hydrogens is 642 g/mol. The molecule has 0 saturated carbocycles. The van der Waals surface area contributed by atoms with E-state index >= 15 is 0 Å². The highest BCUT2D eigenvalue weighted by Gasteiger charge is 2.35. The summed E-state index contributed by atoms with van der Waals surface area (Å²) in [4.78, 5) is 2.04. The number of fused-ring (bicyclic) bond motifs is 1. The van der Waals surface area contributed by atoms with E-state index in [1.54, 1.807) is 18.2 Å². The maximum atomic E-state index is 14.7. The number of hydrogen-bond donors (Lipinski definition) is 2. The number of piperidine rings is 1. The monoisotopic (exact) mass is 675 g/mol. The van der Waals surface area contributed by atoms with Crippen LogP contribution < -0.4 is 20.7 Å². The van der Waals surface area contributed by atoms with Gasteiger partial charge >= 0.3 is 12.5 Å². The highest BCUT2D eigenvalue weighted by Crippen LogP contribution is 2.50.